The molecule has 6 nitrogen and oxygen atoms in total. The second-order valence-electron chi connectivity index (χ2n) is 3.79. The Hall–Kier alpha value is -1.92. The summed E-state index contributed by atoms with van der Waals surface area (Å²) in [6.45, 7) is 1.92. The number of rotatable bonds is 4. The number of nitrogens with zero attached hydrogens (tertiary/aromatic N) is 3. The van der Waals surface area contributed by atoms with Gasteiger partial charge in [0, 0.05) is 18.5 Å². The molecule has 0 amide bonds. The Balaban J connectivity index is 2.60. The summed E-state index contributed by atoms with van der Waals surface area (Å²) in [6.07, 6.45) is 0.600. The molecule has 0 spiro atoms. The van der Waals surface area contributed by atoms with E-state index in [1.165, 1.54) is 4.57 Å². The van der Waals surface area contributed by atoms with Crippen LogP contribution in [-0.2, 0) is 6.42 Å². The van der Waals surface area contributed by atoms with Crippen LogP contribution in [0.15, 0.2) is 29.1 Å². The molecular formula is C12H14ClN5O. The predicted molar refractivity (Wildman–Crippen MR) is 74.7 cm³/mol. The molecular weight excluding hydrogens is 266 g/mol. The Morgan fingerprint density at radius 3 is 2.79 bits per heavy atom. The van der Waals surface area contributed by atoms with Crippen molar-refractivity contribution in [1.29, 1.82) is 0 Å². The molecule has 0 saturated heterocycles. The van der Waals surface area contributed by atoms with Crippen LogP contribution in [0.3, 0.4) is 0 Å². The van der Waals surface area contributed by atoms with Crippen LogP contribution in [0, 0.1) is 0 Å². The van der Waals surface area contributed by atoms with E-state index in [4.69, 9.17) is 11.6 Å². The fourth-order valence-corrected chi connectivity index (χ4v) is 1.91. The second kappa shape index (κ2) is 5.81. The van der Waals surface area contributed by atoms with Gasteiger partial charge in [0.25, 0.3) is 0 Å². The molecule has 2 aromatic rings. The molecule has 19 heavy (non-hydrogen) atoms. The lowest BCUT2D eigenvalue weighted by molar-refractivity contribution is 0.761. The summed E-state index contributed by atoms with van der Waals surface area (Å²) < 4.78 is 1.45. The lowest BCUT2D eigenvalue weighted by atomic mass is 10.3. The first-order valence-corrected chi connectivity index (χ1v) is 6.22. The van der Waals surface area contributed by atoms with Crippen LogP contribution in [0.5, 0.6) is 0 Å². The molecule has 0 atom stereocenters. The third-order valence-electron chi connectivity index (χ3n) is 2.51. The molecule has 0 aliphatic heterocycles. The average Bonchev–Trinajstić information content (AvgIpc) is 2.38. The van der Waals surface area contributed by atoms with Crippen LogP contribution < -0.4 is 16.5 Å². The van der Waals surface area contributed by atoms with Crippen molar-refractivity contribution >= 4 is 17.5 Å². The highest BCUT2D eigenvalue weighted by Gasteiger charge is 2.10. The average molecular weight is 280 g/mol. The van der Waals surface area contributed by atoms with E-state index < -0.39 is 5.69 Å². The Morgan fingerprint density at radius 2 is 2.16 bits per heavy atom. The van der Waals surface area contributed by atoms with Crippen LogP contribution in [0.1, 0.15) is 12.7 Å². The molecule has 0 unspecified atom stereocenters. The standard InChI is InChI=1S/C12H14ClN5O/c1-3-10-15-11(17-14-2)16-12(19)18(10)9-6-4-5-8(13)7-9/h4-7,14H,3H2,1-2H3,(H,16,17,19). The van der Waals surface area contributed by atoms with Crippen molar-refractivity contribution in [3.63, 3.8) is 0 Å². The summed E-state index contributed by atoms with van der Waals surface area (Å²) in [6, 6.07) is 7.03. The van der Waals surface area contributed by atoms with Gasteiger partial charge in [0.1, 0.15) is 5.82 Å². The summed E-state index contributed by atoms with van der Waals surface area (Å²) in [4.78, 5) is 20.2. The predicted octanol–water partition coefficient (Wildman–Crippen LogP) is 1.39. The van der Waals surface area contributed by atoms with Gasteiger partial charge in [-0.25, -0.2) is 14.8 Å². The number of hydrogen-bond donors (Lipinski definition) is 2. The molecule has 1 heterocycles. The minimum Gasteiger partial charge on any atom is -0.290 e. The SMILES string of the molecule is CCc1nc(NNC)nc(=O)n1-c1cccc(Cl)c1. The third kappa shape index (κ3) is 2.91. The summed E-state index contributed by atoms with van der Waals surface area (Å²) in [5, 5.41) is 0.559. The molecule has 0 aliphatic rings. The lowest BCUT2D eigenvalue weighted by Gasteiger charge is -2.12. The molecule has 0 bridgehead atoms. The maximum absolute atomic E-state index is 12.1. The van der Waals surface area contributed by atoms with Gasteiger partial charge in [-0.15, -0.1) is 0 Å². The summed E-state index contributed by atoms with van der Waals surface area (Å²) in [7, 11) is 1.68. The largest absolute Gasteiger partial charge is 0.356 e. The topological polar surface area (TPSA) is 71.8 Å². The molecule has 7 heteroatoms. The maximum Gasteiger partial charge on any atom is 0.356 e. The Morgan fingerprint density at radius 1 is 1.37 bits per heavy atom. The molecule has 100 valence electrons. The molecule has 2 N–H and O–H groups in total. The summed E-state index contributed by atoms with van der Waals surface area (Å²) in [5.41, 5.74) is 5.65. The third-order valence-corrected chi connectivity index (χ3v) is 2.74. The van der Waals surface area contributed by atoms with Gasteiger partial charge in [-0.1, -0.05) is 24.6 Å². The normalized spacial score (nSPS) is 10.5. The molecule has 2 rings (SSSR count). The highest BCUT2D eigenvalue weighted by atomic mass is 35.5. The fraction of sp³-hybridized carbons (Fsp3) is 0.250. The van der Waals surface area contributed by atoms with E-state index in [9.17, 15) is 4.79 Å². The van der Waals surface area contributed by atoms with Crippen LogP contribution in [0.2, 0.25) is 5.02 Å². The Labute approximate surface area is 115 Å². The monoisotopic (exact) mass is 279 g/mol. The minimum atomic E-state index is -0.396. The number of aryl methyl sites for hydroxylation is 1. The number of aromatic nitrogens is 3. The van der Waals surface area contributed by atoms with Crippen molar-refractivity contribution < 1.29 is 0 Å². The highest BCUT2D eigenvalue weighted by Crippen LogP contribution is 2.14. The van der Waals surface area contributed by atoms with Gasteiger partial charge in [0.15, 0.2) is 0 Å². The van der Waals surface area contributed by atoms with E-state index in [1.54, 1.807) is 31.3 Å². The first-order valence-electron chi connectivity index (χ1n) is 5.84. The Bertz CT molecular complexity index is 640. The number of hydrogen-bond acceptors (Lipinski definition) is 5. The first-order chi connectivity index (χ1) is 9.15. The molecule has 1 aromatic carbocycles. The first kappa shape index (κ1) is 13.5. The van der Waals surface area contributed by atoms with Gasteiger partial charge in [-0.05, 0) is 18.2 Å². The van der Waals surface area contributed by atoms with Crippen LogP contribution in [0.4, 0.5) is 5.95 Å². The molecule has 0 saturated carbocycles. The molecule has 1 aromatic heterocycles. The number of benzene rings is 1. The summed E-state index contributed by atoms with van der Waals surface area (Å²) in [5.74, 6) is 0.864. The smallest absolute Gasteiger partial charge is 0.290 e. The van der Waals surface area contributed by atoms with Gasteiger partial charge in [0.05, 0.1) is 5.69 Å². The summed E-state index contributed by atoms with van der Waals surface area (Å²) >= 11 is 5.95. The van der Waals surface area contributed by atoms with Gasteiger partial charge in [-0.3, -0.25) is 5.43 Å². The van der Waals surface area contributed by atoms with E-state index in [0.29, 0.717) is 23.0 Å². The zero-order valence-corrected chi connectivity index (χ0v) is 11.4. The Kier molecular flexibility index (Phi) is 4.13. The number of nitrogens with one attached hydrogen (secondary N) is 2. The van der Waals surface area contributed by atoms with E-state index in [-0.39, 0.29) is 5.95 Å². The molecule has 0 radical (unpaired) electrons. The lowest BCUT2D eigenvalue weighted by Crippen LogP contribution is -2.29. The van der Waals surface area contributed by atoms with Crippen molar-refractivity contribution in [3.05, 3.63) is 45.6 Å². The van der Waals surface area contributed by atoms with Crippen molar-refractivity contribution in [2.75, 3.05) is 12.5 Å². The number of anilines is 1. The van der Waals surface area contributed by atoms with Gasteiger partial charge in [0.2, 0.25) is 5.95 Å². The minimum absolute atomic E-state index is 0.252. The van der Waals surface area contributed by atoms with Crippen molar-refractivity contribution in [1.82, 2.24) is 20.0 Å². The van der Waals surface area contributed by atoms with Crippen LogP contribution in [0.25, 0.3) is 5.69 Å². The maximum atomic E-state index is 12.1. The van der Waals surface area contributed by atoms with Gasteiger partial charge in [-0.2, -0.15) is 9.97 Å². The molecule has 0 fully saturated rings. The van der Waals surface area contributed by atoms with Crippen LogP contribution >= 0.6 is 11.6 Å². The zero-order chi connectivity index (χ0) is 13.8. The molecule has 0 aliphatic carbocycles. The fourth-order valence-electron chi connectivity index (χ4n) is 1.73. The van der Waals surface area contributed by atoms with Crippen molar-refractivity contribution in [2.24, 2.45) is 0 Å². The second-order valence-corrected chi connectivity index (χ2v) is 4.23. The van der Waals surface area contributed by atoms with E-state index in [1.807, 2.05) is 6.92 Å². The van der Waals surface area contributed by atoms with E-state index in [0.717, 1.165) is 0 Å². The number of halogens is 1. The van der Waals surface area contributed by atoms with Crippen molar-refractivity contribution in [2.45, 2.75) is 13.3 Å². The van der Waals surface area contributed by atoms with Crippen molar-refractivity contribution in [3.8, 4) is 5.69 Å². The van der Waals surface area contributed by atoms with Crippen LogP contribution in [-0.4, -0.2) is 21.6 Å². The zero-order valence-electron chi connectivity index (χ0n) is 10.6. The van der Waals surface area contributed by atoms with E-state index in [2.05, 4.69) is 20.8 Å². The number of hydrazine groups is 1. The van der Waals surface area contributed by atoms with Gasteiger partial charge < -0.3 is 0 Å². The quantitative estimate of drug-likeness (QED) is 0.828. The van der Waals surface area contributed by atoms with Gasteiger partial charge >= 0.3 is 5.69 Å². The highest BCUT2D eigenvalue weighted by molar-refractivity contribution is 6.30. The van der Waals surface area contributed by atoms with E-state index >= 15 is 0 Å².